The molecular formula is C18H20ClN3O4S. The van der Waals surface area contributed by atoms with Gasteiger partial charge in [0.2, 0.25) is 5.91 Å². The fraction of sp³-hybridized carbons (Fsp3) is 0.333. The maximum atomic E-state index is 12.1. The highest BCUT2D eigenvalue weighted by Crippen LogP contribution is 2.30. The van der Waals surface area contributed by atoms with Gasteiger partial charge in [-0.25, -0.2) is 13.1 Å². The van der Waals surface area contributed by atoms with Gasteiger partial charge in [0, 0.05) is 17.3 Å². The quantitative estimate of drug-likeness (QED) is 0.767. The van der Waals surface area contributed by atoms with E-state index in [-0.39, 0.29) is 23.5 Å². The van der Waals surface area contributed by atoms with Crippen LogP contribution in [0.5, 0.6) is 5.75 Å². The summed E-state index contributed by atoms with van der Waals surface area (Å²) in [6.45, 7) is 1.77. The average Bonchev–Trinajstić information content (AvgIpc) is 3.12. The Morgan fingerprint density at radius 1 is 1.37 bits per heavy atom. The van der Waals surface area contributed by atoms with E-state index >= 15 is 0 Å². The maximum absolute atomic E-state index is 12.1. The van der Waals surface area contributed by atoms with Crippen LogP contribution < -0.4 is 10.1 Å². The molecule has 3 rings (SSSR count). The highest BCUT2D eigenvalue weighted by Gasteiger charge is 2.31. The standard InChI is InChI=1S/C18H20ClN3O4S/c1-12-16(18(19)22(21-12)14-9-10-27(24,25)11-14)7-8-17(23)20-13-3-5-15(26-2)6-4-13/h3-8,14H,9-11H2,1-2H3,(H,20,23)/b8-7+/t14-/m0/s1. The van der Waals surface area contributed by atoms with E-state index in [1.807, 2.05) is 0 Å². The lowest BCUT2D eigenvalue weighted by atomic mass is 10.2. The van der Waals surface area contributed by atoms with Gasteiger partial charge in [-0.2, -0.15) is 5.10 Å². The molecule has 27 heavy (non-hydrogen) atoms. The number of aryl methyl sites for hydroxylation is 1. The maximum Gasteiger partial charge on any atom is 0.248 e. The van der Waals surface area contributed by atoms with E-state index < -0.39 is 9.84 Å². The molecule has 0 unspecified atom stereocenters. The molecule has 0 aliphatic carbocycles. The van der Waals surface area contributed by atoms with Crippen LogP contribution >= 0.6 is 11.6 Å². The number of rotatable bonds is 5. The van der Waals surface area contributed by atoms with Crippen LogP contribution in [0, 0.1) is 6.92 Å². The van der Waals surface area contributed by atoms with Gasteiger partial charge < -0.3 is 10.1 Å². The number of carbonyl (C=O) groups excluding carboxylic acids is 1. The summed E-state index contributed by atoms with van der Waals surface area (Å²) in [5.74, 6) is 0.566. The van der Waals surface area contributed by atoms with Gasteiger partial charge in [-0.3, -0.25) is 4.79 Å². The van der Waals surface area contributed by atoms with Gasteiger partial charge in [0.25, 0.3) is 0 Å². The second-order valence-electron chi connectivity index (χ2n) is 6.34. The third kappa shape index (κ3) is 4.51. The summed E-state index contributed by atoms with van der Waals surface area (Å²) < 4.78 is 30.0. The van der Waals surface area contributed by atoms with E-state index in [1.165, 1.54) is 6.08 Å². The minimum absolute atomic E-state index is 0.0367. The van der Waals surface area contributed by atoms with Crippen molar-refractivity contribution in [3.63, 3.8) is 0 Å². The average molecular weight is 410 g/mol. The molecule has 1 saturated heterocycles. The van der Waals surface area contributed by atoms with E-state index in [4.69, 9.17) is 16.3 Å². The molecule has 0 saturated carbocycles. The number of benzene rings is 1. The fourth-order valence-electron chi connectivity index (χ4n) is 2.95. The number of aromatic nitrogens is 2. The molecule has 144 valence electrons. The van der Waals surface area contributed by atoms with E-state index in [0.717, 1.165) is 0 Å². The molecule has 1 aromatic heterocycles. The summed E-state index contributed by atoms with van der Waals surface area (Å²) in [7, 11) is -1.47. The highest BCUT2D eigenvalue weighted by atomic mass is 35.5. The number of sulfone groups is 1. The largest absolute Gasteiger partial charge is 0.497 e. The van der Waals surface area contributed by atoms with E-state index in [0.29, 0.717) is 34.3 Å². The van der Waals surface area contributed by atoms with Crippen LogP contribution in [0.25, 0.3) is 6.08 Å². The van der Waals surface area contributed by atoms with Crippen LogP contribution in [0.4, 0.5) is 5.69 Å². The third-order valence-corrected chi connectivity index (χ3v) is 6.51. The smallest absolute Gasteiger partial charge is 0.248 e. The lowest BCUT2D eigenvalue weighted by Gasteiger charge is -2.09. The molecule has 2 aromatic rings. The number of ether oxygens (including phenoxy) is 1. The number of nitrogens with one attached hydrogen (secondary N) is 1. The molecule has 1 aliphatic rings. The third-order valence-electron chi connectivity index (χ3n) is 4.38. The molecule has 1 atom stereocenters. The summed E-state index contributed by atoms with van der Waals surface area (Å²) in [4.78, 5) is 12.1. The predicted octanol–water partition coefficient (Wildman–Crippen LogP) is 2.87. The lowest BCUT2D eigenvalue weighted by molar-refractivity contribution is -0.111. The van der Waals surface area contributed by atoms with Crippen LogP contribution in [0.2, 0.25) is 5.15 Å². The number of hydrogen-bond acceptors (Lipinski definition) is 5. The van der Waals surface area contributed by atoms with Gasteiger partial charge in [0.1, 0.15) is 10.9 Å². The number of carbonyl (C=O) groups is 1. The van der Waals surface area contributed by atoms with Crippen molar-refractivity contribution in [3.8, 4) is 5.75 Å². The van der Waals surface area contributed by atoms with Gasteiger partial charge >= 0.3 is 0 Å². The summed E-state index contributed by atoms with van der Waals surface area (Å²) in [6, 6.07) is 6.71. The van der Waals surface area contributed by atoms with Gasteiger partial charge in [-0.15, -0.1) is 0 Å². The van der Waals surface area contributed by atoms with Crippen molar-refractivity contribution < 1.29 is 17.9 Å². The van der Waals surface area contributed by atoms with Crippen molar-refractivity contribution >= 4 is 39.1 Å². The first-order chi connectivity index (χ1) is 12.8. The summed E-state index contributed by atoms with van der Waals surface area (Å²) >= 11 is 6.39. The molecule has 1 N–H and O–H groups in total. The number of hydrogen-bond donors (Lipinski definition) is 1. The normalized spacial score (nSPS) is 18.7. The molecule has 1 amide bonds. The van der Waals surface area contributed by atoms with E-state index in [1.54, 1.807) is 49.1 Å². The summed E-state index contributed by atoms with van der Waals surface area (Å²) in [5.41, 5.74) is 1.88. The monoisotopic (exact) mass is 409 g/mol. The molecule has 7 nitrogen and oxygen atoms in total. The van der Waals surface area contributed by atoms with Gasteiger partial charge in [0.05, 0.1) is 30.4 Å². The van der Waals surface area contributed by atoms with E-state index in [9.17, 15) is 13.2 Å². The molecule has 0 radical (unpaired) electrons. The van der Waals surface area contributed by atoms with Crippen molar-refractivity contribution in [3.05, 3.63) is 46.8 Å². The van der Waals surface area contributed by atoms with Crippen LogP contribution in [0.3, 0.4) is 0 Å². The SMILES string of the molecule is COc1ccc(NC(=O)/C=C/c2c(C)nn([C@H]3CCS(=O)(=O)C3)c2Cl)cc1. The topological polar surface area (TPSA) is 90.3 Å². The van der Waals surface area contributed by atoms with Crippen LogP contribution in [-0.4, -0.2) is 42.7 Å². The van der Waals surface area contributed by atoms with E-state index in [2.05, 4.69) is 10.4 Å². The van der Waals surface area contributed by atoms with Crippen LogP contribution in [-0.2, 0) is 14.6 Å². The Morgan fingerprint density at radius 3 is 2.67 bits per heavy atom. The second kappa shape index (κ2) is 7.74. The predicted molar refractivity (Wildman–Crippen MR) is 105 cm³/mol. The lowest BCUT2D eigenvalue weighted by Crippen LogP contribution is -2.12. The first-order valence-corrected chi connectivity index (χ1v) is 10.6. The number of halogens is 1. The molecule has 2 heterocycles. The fourth-order valence-corrected chi connectivity index (χ4v) is 5.02. The Kier molecular flexibility index (Phi) is 5.57. The first-order valence-electron chi connectivity index (χ1n) is 8.37. The van der Waals surface area contributed by atoms with Crippen LogP contribution in [0.15, 0.2) is 30.3 Å². The minimum Gasteiger partial charge on any atom is -0.497 e. The highest BCUT2D eigenvalue weighted by molar-refractivity contribution is 7.91. The molecular weight excluding hydrogens is 390 g/mol. The van der Waals surface area contributed by atoms with Crippen LogP contribution in [0.1, 0.15) is 23.7 Å². The van der Waals surface area contributed by atoms with Gasteiger partial charge in [-0.05, 0) is 43.7 Å². The Hall–Kier alpha value is -2.32. The molecule has 1 aliphatic heterocycles. The Bertz CT molecular complexity index is 981. The summed E-state index contributed by atoms with van der Waals surface area (Å²) in [6.07, 6.45) is 3.45. The van der Waals surface area contributed by atoms with Crippen molar-refractivity contribution in [2.24, 2.45) is 0 Å². The number of methoxy groups -OCH3 is 1. The van der Waals surface area contributed by atoms with Crippen molar-refractivity contribution in [1.82, 2.24) is 9.78 Å². The van der Waals surface area contributed by atoms with Crippen molar-refractivity contribution in [1.29, 1.82) is 0 Å². The zero-order valence-corrected chi connectivity index (χ0v) is 16.5. The zero-order chi connectivity index (χ0) is 19.6. The molecule has 0 bridgehead atoms. The van der Waals surface area contributed by atoms with Crippen molar-refractivity contribution in [2.75, 3.05) is 23.9 Å². The minimum atomic E-state index is -3.04. The first kappa shape index (κ1) is 19.4. The Labute approximate surface area is 162 Å². The Morgan fingerprint density at radius 2 is 2.07 bits per heavy atom. The number of nitrogens with zero attached hydrogens (tertiary/aromatic N) is 2. The zero-order valence-electron chi connectivity index (χ0n) is 15.0. The number of amides is 1. The molecule has 1 fully saturated rings. The number of anilines is 1. The van der Waals surface area contributed by atoms with Crippen molar-refractivity contribution in [2.45, 2.75) is 19.4 Å². The Balaban J connectivity index is 1.72. The molecule has 9 heteroatoms. The van der Waals surface area contributed by atoms with Gasteiger partial charge in [-0.1, -0.05) is 11.6 Å². The molecule has 1 aromatic carbocycles. The van der Waals surface area contributed by atoms with Gasteiger partial charge in [0.15, 0.2) is 9.84 Å². The molecule has 0 spiro atoms. The summed E-state index contributed by atoms with van der Waals surface area (Å²) in [5, 5.41) is 7.44. The second-order valence-corrected chi connectivity index (χ2v) is 8.93.